The van der Waals surface area contributed by atoms with Crippen molar-refractivity contribution in [2.75, 3.05) is 31.0 Å². The number of anilines is 2. The maximum Gasteiger partial charge on any atom is 0.300 e. The van der Waals surface area contributed by atoms with Crippen LogP contribution < -0.4 is 19.3 Å². The number of methoxy groups -OCH3 is 1. The van der Waals surface area contributed by atoms with Crippen molar-refractivity contribution in [2.45, 2.75) is 26.0 Å². The van der Waals surface area contributed by atoms with E-state index in [9.17, 15) is 14.7 Å². The van der Waals surface area contributed by atoms with Crippen molar-refractivity contribution in [3.63, 3.8) is 0 Å². The number of Topliss-reactive ketones (excluding diaryl/α,β-unsaturated/α-hetero) is 1. The average molecular weight is 521 g/mol. The zero-order chi connectivity index (χ0) is 26.9. The van der Waals surface area contributed by atoms with Gasteiger partial charge in [-0.25, -0.2) is 0 Å². The third-order valence-corrected chi connectivity index (χ3v) is 6.41. The number of ether oxygens (including phenoxy) is 2. The van der Waals surface area contributed by atoms with Gasteiger partial charge in [-0.3, -0.25) is 14.5 Å². The van der Waals surface area contributed by atoms with Gasteiger partial charge in [0.2, 0.25) is 0 Å². The summed E-state index contributed by atoms with van der Waals surface area (Å²) in [5.41, 5.74) is 2.24. The molecule has 7 nitrogen and oxygen atoms in total. The molecule has 1 unspecified atom stereocenters. The fourth-order valence-corrected chi connectivity index (χ4v) is 4.49. The highest BCUT2D eigenvalue weighted by atomic mass is 35.5. The van der Waals surface area contributed by atoms with E-state index in [1.165, 1.54) is 18.1 Å². The number of rotatable bonds is 7. The Morgan fingerprint density at radius 1 is 0.973 bits per heavy atom. The van der Waals surface area contributed by atoms with Gasteiger partial charge in [0.25, 0.3) is 11.7 Å². The topological polar surface area (TPSA) is 79.3 Å². The molecule has 1 fully saturated rings. The number of hydrogen-bond donors (Lipinski definition) is 1. The van der Waals surface area contributed by atoms with Crippen molar-refractivity contribution in [1.82, 2.24) is 0 Å². The first-order valence-electron chi connectivity index (χ1n) is 11.8. The van der Waals surface area contributed by atoms with Crippen LogP contribution in [0.5, 0.6) is 11.5 Å². The molecule has 0 bridgehead atoms. The van der Waals surface area contributed by atoms with Crippen molar-refractivity contribution < 1.29 is 24.2 Å². The highest BCUT2D eigenvalue weighted by Gasteiger charge is 2.47. The lowest BCUT2D eigenvalue weighted by atomic mass is 9.95. The van der Waals surface area contributed by atoms with Crippen LogP contribution in [0, 0.1) is 0 Å². The minimum atomic E-state index is -0.888. The second-order valence-electron chi connectivity index (χ2n) is 9.16. The average Bonchev–Trinajstić information content (AvgIpc) is 3.14. The first kappa shape index (κ1) is 26.1. The molecule has 37 heavy (non-hydrogen) atoms. The smallest absolute Gasteiger partial charge is 0.300 e. The molecule has 0 aromatic heterocycles. The number of halogens is 1. The summed E-state index contributed by atoms with van der Waals surface area (Å²) in [5.74, 6) is -0.818. The Morgan fingerprint density at radius 2 is 1.59 bits per heavy atom. The van der Waals surface area contributed by atoms with Gasteiger partial charge in [-0.15, -0.1) is 0 Å². The van der Waals surface area contributed by atoms with Crippen LogP contribution in [0.4, 0.5) is 11.4 Å². The minimum Gasteiger partial charge on any atom is -0.507 e. The molecule has 1 N–H and O–H groups in total. The van der Waals surface area contributed by atoms with E-state index >= 15 is 0 Å². The van der Waals surface area contributed by atoms with E-state index in [0.29, 0.717) is 22.7 Å². The number of aliphatic hydroxyl groups is 1. The molecule has 3 aromatic carbocycles. The van der Waals surface area contributed by atoms with Crippen LogP contribution in [0.1, 0.15) is 31.0 Å². The Balaban J connectivity index is 1.90. The molecule has 8 heteroatoms. The van der Waals surface area contributed by atoms with E-state index < -0.39 is 17.7 Å². The third-order valence-electron chi connectivity index (χ3n) is 6.08. The normalized spacial score (nSPS) is 16.8. The molecule has 4 rings (SSSR count). The molecule has 0 aliphatic carbocycles. The highest BCUT2D eigenvalue weighted by Crippen LogP contribution is 2.44. The summed E-state index contributed by atoms with van der Waals surface area (Å²) in [5, 5.41) is 11.6. The van der Waals surface area contributed by atoms with E-state index in [1.807, 2.05) is 45.0 Å². The van der Waals surface area contributed by atoms with Crippen LogP contribution in [-0.4, -0.2) is 44.1 Å². The second-order valence-corrected chi connectivity index (χ2v) is 9.57. The van der Waals surface area contributed by atoms with Crippen LogP contribution >= 0.6 is 11.6 Å². The third kappa shape index (κ3) is 5.13. The first-order valence-corrected chi connectivity index (χ1v) is 12.2. The largest absolute Gasteiger partial charge is 0.507 e. The monoisotopic (exact) mass is 520 g/mol. The van der Waals surface area contributed by atoms with Gasteiger partial charge >= 0.3 is 0 Å². The Labute approximate surface area is 221 Å². The van der Waals surface area contributed by atoms with E-state index in [-0.39, 0.29) is 28.0 Å². The summed E-state index contributed by atoms with van der Waals surface area (Å²) in [4.78, 5) is 30.2. The van der Waals surface area contributed by atoms with Crippen LogP contribution in [0.25, 0.3) is 5.76 Å². The summed E-state index contributed by atoms with van der Waals surface area (Å²) in [6, 6.07) is 18.3. The summed E-state index contributed by atoms with van der Waals surface area (Å²) in [6.45, 7) is 3.86. The lowest BCUT2D eigenvalue weighted by Gasteiger charge is -2.26. The molecule has 1 saturated heterocycles. The summed E-state index contributed by atoms with van der Waals surface area (Å²) >= 11 is 6.39. The number of nitrogens with zero attached hydrogens (tertiary/aromatic N) is 2. The van der Waals surface area contributed by atoms with Gasteiger partial charge in [0.05, 0.1) is 29.9 Å². The lowest BCUT2D eigenvalue weighted by molar-refractivity contribution is -0.132. The Hall–Kier alpha value is -3.97. The zero-order valence-electron chi connectivity index (χ0n) is 21.4. The number of aliphatic hydroxyl groups excluding tert-OH is 1. The first-order chi connectivity index (χ1) is 17.6. The van der Waals surface area contributed by atoms with Gasteiger partial charge in [0.1, 0.15) is 17.3 Å². The van der Waals surface area contributed by atoms with Crippen LogP contribution in [-0.2, 0) is 9.59 Å². The van der Waals surface area contributed by atoms with E-state index in [1.54, 1.807) is 48.5 Å². The van der Waals surface area contributed by atoms with Gasteiger partial charge in [-0.05, 0) is 74.0 Å². The van der Waals surface area contributed by atoms with Crippen LogP contribution in [0.2, 0.25) is 5.02 Å². The van der Waals surface area contributed by atoms with Crippen molar-refractivity contribution in [1.29, 1.82) is 0 Å². The number of amides is 1. The van der Waals surface area contributed by atoms with Crippen molar-refractivity contribution >= 4 is 40.4 Å². The molecule has 1 heterocycles. The molecule has 0 spiro atoms. The Bertz CT molecular complexity index is 1350. The maximum atomic E-state index is 13.4. The SMILES string of the molecule is COc1ccc(Cl)c(/C(O)=C2\C(=O)C(=O)N(c3ccc(N(C)C)cc3)C2c2ccc(OC(C)C)cc2)c1. The van der Waals surface area contributed by atoms with E-state index in [0.717, 1.165) is 5.69 Å². The predicted octanol–water partition coefficient (Wildman–Crippen LogP) is 5.83. The van der Waals surface area contributed by atoms with Crippen LogP contribution in [0.3, 0.4) is 0 Å². The zero-order valence-corrected chi connectivity index (χ0v) is 22.1. The minimum absolute atomic E-state index is 0.0121. The number of benzene rings is 3. The molecule has 3 aromatic rings. The Morgan fingerprint density at radius 3 is 2.16 bits per heavy atom. The molecule has 1 aliphatic heterocycles. The fraction of sp³-hybridized carbons (Fsp3) is 0.241. The number of hydrogen-bond acceptors (Lipinski definition) is 6. The highest BCUT2D eigenvalue weighted by molar-refractivity contribution is 6.52. The van der Waals surface area contributed by atoms with Gasteiger partial charge in [0, 0.05) is 31.0 Å². The predicted molar refractivity (Wildman–Crippen MR) is 146 cm³/mol. The lowest BCUT2D eigenvalue weighted by Crippen LogP contribution is -2.29. The Kier molecular flexibility index (Phi) is 7.45. The van der Waals surface area contributed by atoms with Gasteiger partial charge in [-0.1, -0.05) is 23.7 Å². The quantitative estimate of drug-likeness (QED) is 0.240. The standard InChI is InChI=1S/C29H29ClN2O5/c1-17(2)37-21-12-6-18(7-13-21)26-25(27(33)23-16-22(36-5)14-15-24(23)30)28(34)29(35)32(26)20-10-8-19(9-11-20)31(3)4/h6-17,26,33H,1-5H3/b27-25+. The number of carbonyl (C=O) groups is 2. The van der Waals surface area contributed by atoms with E-state index in [4.69, 9.17) is 21.1 Å². The molecule has 1 amide bonds. The fourth-order valence-electron chi connectivity index (χ4n) is 4.28. The van der Waals surface area contributed by atoms with Crippen LogP contribution in [0.15, 0.2) is 72.3 Å². The van der Waals surface area contributed by atoms with Gasteiger partial charge in [0.15, 0.2) is 0 Å². The number of ketones is 1. The summed E-state index contributed by atoms with van der Waals surface area (Å²) < 4.78 is 11.0. The second kappa shape index (κ2) is 10.6. The molecule has 0 saturated carbocycles. The van der Waals surface area contributed by atoms with Crippen molar-refractivity contribution in [3.05, 3.63) is 88.5 Å². The van der Waals surface area contributed by atoms with Gasteiger partial charge in [-0.2, -0.15) is 0 Å². The molecule has 192 valence electrons. The van der Waals surface area contributed by atoms with Crippen molar-refractivity contribution in [2.24, 2.45) is 0 Å². The number of carbonyl (C=O) groups excluding carboxylic acids is 2. The molecular formula is C29H29ClN2O5. The summed E-state index contributed by atoms with van der Waals surface area (Å²) in [7, 11) is 5.32. The van der Waals surface area contributed by atoms with E-state index in [2.05, 4.69) is 0 Å². The molecule has 1 atom stereocenters. The van der Waals surface area contributed by atoms with Gasteiger partial charge < -0.3 is 19.5 Å². The summed E-state index contributed by atoms with van der Waals surface area (Å²) in [6.07, 6.45) is -0.0121. The molecule has 1 aliphatic rings. The maximum absolute atomic E-state index is 13.4. The van der Waals surface area contributed by atoms with Crippen molar-refractivity contribution in [3.8, 4) is 11.5 Å². The molecular weight excluding hydrogens is 492 g/mol. The molecule has 0 radical (unpaired) electrons.